The molecule has 0 aliphatic rings. The normalized spacial score (nSPS) is 11.1. The second-order valence-corrected chi connectivity index (χ2v) is 8.63. The first-order chi connectivity index (χ1) is 17.6. The van der Waals surface area contributed by atoms with Gasteiger partial charge >= 0.3 is 0 Å². The lowest BCUT2D eigenvalue weighted by Crippen LogP contribution is -2.34. The zero-order valence-corrected chi connectivity index (χ0v) is 19.9. The molecule has 0 saturated carbocycles. The van der Waals surface area contributed by atoms with Gasteiger partial charge in [0.25, 0.3) is 5.56 Å². The number of fused-ring (bicyclic) bond motifs is 1. The van der Waals surface area contributed by atoms with Crippen molar-refractivity contribution < 1.29 is 9.21 Å². The van der Waals surface area contributed by atoms with Gasteiger partial charge in [0.1, 0.15) is 23.6 Å². The van der Waals surface area contributed by atoms with Crippen LogP contribution < -0.4 is 10.9 Å². The Kier molecular flexibility index (Phi) is 6.70. The molecule has 5 rings (SSSR count). The number of nitrogens with one attached hydrogen (secondary N) is 1. The third-order valence-electron chi connectivity index (χ3n) is 5.98. The fraction of sp³-hybridized carbons (Fsp3) is 0.222. The minimum Gasteiger partial charge on any atom is -0.459 e. The summed E-state index contributed by atoms with van der Waals surface area (Å²) >= 11 is 0. The molecule has 0 spiro atoms. The van der Waals surface area contributed by atoms with Gasteiger partial charge in [0.15, 0.2) is 0 Å². The summed E-state index contributed by atoms with van der Waals surface area (Å²) in [6.07, 6.45) is 10.6. The standard InChI is InChI=1S/C27H26N6O3/c1-32-17-21(14-31-32)24-16-29-23(9-5-8-19-6-3-2-4-7-19)27(35)33(24)18-26(34)30-15-22-12-20-13-28-11-10-25(20)36-22/h2-4,6-7,10-14,16-17H,5,8-9,15,18H2,1H3,(H,30,34). The van der Waals surface area contributed by atoms with E-state index in [1.54, 1.807) is 48.8 Å². The summed E-state index contributed by atoms with van der Waals surface area (Å²) in [6, 6.07) is 13.7. The summed E-state index contributed by atoms with van der Waals surface area (Å²) in [7, 11) is 1.80. The third kappa shape index (κ3) is 5.25. The van der Waals surface area contributed by atoms with Crippen LogP contribution >= 0.6 is 0 Å². The highest BCUT2D eigenvalue weighted by molar-refractivity contribution is 5.78. The lowest BCUT2D eigenvalue weighted by atomic mass is 10.1. The lowest BCUT2D eigenvalue weighted by molar-refractivity contribution is -0.121. The molecule has 0 radical (unpaired) electrons. The molecule has 1 aromatic carbocycles. The summed E-state index contributed by atoms with van der Waals surface area (Å²) in [4.78, 5) is 34.8. The van der Waals surface area contributed by atoms with Gasteiger partial charge in [-0.05, 0) is 37.0 Å². The molecule has 5 aromatic rings. The predicted molar refractivity (Wildman–Crippen MR) is 135 cm³/mol. The van der Waals surface area contributed by atoms with E-state index in [0.717, 1.165) is 23.8 Å². The van der Waals surface area contributed by atoms with Gasteiger partial charge < -0.3 is 9.73 Å². The summed E-state index contributed by atoms with van der Waals surface area (Å²) < 4.78 is 8.86. The highest BCUT2D eigenvalue weighted by atomic mass is 16.3. The van der Waals surface area contributed by atoms with Gasteiger partial charge in [-0.25, -0.2) is 0 Å². The van der Waals surface area contributed by atoms with Crippen LogP contribution in [0, 0.1) is 0 Å². The molecule has 0 atom stereocenters. The van der Waals surface area contributed by atoms with E-state index in [4.69, 9.17) is 4.42 Å². The van der Waals surface area contributed by atoms with Gasteiger partial charge in [0.2, 0.25) is 5.91 Å². The molecular weight excluding hydrogens is 456 g/mol. The number of pyridine rings is 1. The fourth-order valence-electron chi connectivity index (χ4n) is 4.16. The van der Waals surface area contributed by atoms with Crippen LogP contribution in [0.4, 0.5) is 0 Å². The number of amides is 1. The Morgan fingerprint density at radius 1 is 1.08 bits per heavy atom. The molecule has 4 heterocycles. The molecule has 9 heteroatoms. The largest absolute Gasteiger partial charge is 0.459 e. The molecule has 1 amide bonds. The topological polar surface area (TPSA) is 108 Å². The number of aromatic nitrogens is 5. The van der Waals surface area contributed by atoms with Gasteiger partial charge in [-0.3, -0.25) is 28.8 Å². The van der Waals surface area contributed by atoms with Crippen LogP contribution in [0.5, 0.6) is 0 Å². The molecule has 0 fully saturated rings. The van der Waals surface area contributed by atoms with Crippen molar-refractivity contribution in [1.82, 2.24) is 29.6 Å². The van der Waals surface area contributed by atoms with Gasteiger partial charge in [-0.15, -0.1) is 0 Å². The maximum Gasteiger partial charge on any atom is 0.273 e. The number of hydrogen-bond donors (Lipinski definition) is 1. The molecule has 9 nitrogen and oxygen atoms in total. The second-order valence-electron chi connectivity index (χ2n) is 8.63. The Bertz CT molecular complexity index is 1520. The number of hydrogen-bond acceptors (Lipinski definition) is 6. The van der Waals surface area contributed by atoms with Crippen LogP contribution in [0.1, 0.15) is 23.4 Å². The fourth-order valence-corrected chi connectivity index (χ4v) is 4.16. The van der Waals surface area contributed by atoms with Crippen LogP contribution in [0.3, 0.4) is 0 Å². The number of benzene rings is 1. The SMILES string of the molecule is Cn1cc(-c2cnc(CCCc3ccccc3)c(=O)n2CC(=O)NCc2cc3cnccc3o2)cn1. The van der Waals surface area contributed by atoms with E-state index < -0.39 is 0 Å². The van der Waals surface area contributed by atoms with Crippen LogP contribution in [0.15, 0.2) is 82.7 Å². The number of carbonyl (C=O) groups is 1. The van der Waals surface area contributed by atoms with E-state index in [9.17, 15) is 9.59 Å². The Hall–Kier alpha value is -4.53. The van der Waals surface area contributed by atoms with Gasteiger partial charge in [0.05, 0.1) is 24.6 Å². The molecular formula is C27H26N6O3. The Balaban J connectivity index is 1.33. The van der Waals surface area contributed by atoms with Crippen LogP contribution in [-0.4, -0.2) is 30.2 Å². The number of furan rings is 1. The van der Waals surface area contributed by atoms with Gasteiger partial charge in [-0.1, -0.05) is 30.3 Å². The summed E-state index contributed by atoms with van der Waals surface area (Å²) in [5.41, 5.74) is 3.36. The minimum absolute atomic E-state index is 0.140. The molecule has 0 saturated heterocycles. The predicted octanol–water partition coefficient (Wildman–Crippen LogP) is 3.28. The molecule has 0 aliphatic heterocycles. The molecule has 0 bridgehead atoms. The quantitative estimate of drug-likeness (QED) is 0.345. The number of rotatable bonds is 9. The van der Waals surface area contributed by atoms with E-state index in [1.165, 1.54) is 10.1 Å². The highest BCUT2D eigenvalue weighted by Gasteiger charge is 2.16. The Morgan fingerprint density at radius 3 is 2.72 bits per heavy atom. The van der Waals surface area contributed by atoms with Crippen LogP contribution in [0.25, 0.3) is 22.2 Å². The number of aryl methyl sites for hydroxylation is 3. The maximum absolute atomic E-state index is 13.4. The van der Waals surface area contributed by atoms with E-state index in [-0.39, 0.29) is 24.6 Å². The molecule has 36 heavy (non-hydrogen) atoms. The average Bonchev–Trinajstić information content (AvgIpc) is 3.51. The first-order valence-corrected chi connectivity index (χ1v) is 11.8. The van der Waals surface area contributed by atoms with Gasteiger partial charge in [-0.2, -0.15) is 5.10 Å². The van der Waals surface area contributed by atoms with Crippen molar-refractivity contribution in [2.45, 2.75) is 32.4 Å². The summed E-state index contributed by atoms with van der Waals surface area (Å²) in [5, 5.41) is 7.92. The van der Waals surface area contributed by atoms with E-state index in [0.29, 0.717) is 29.2 Å². The van der Waals surface area contributed by atoms with E-state index in [1.807, 2.05) is 24.3 Å². The minimum atomic E-state index is -0.303. The van der Waals surface area contributed by atoms with Crippen molar-refractivity contribution in [3.63, 3.8) is 0 Å². The zero-order chi connectivity index (χ0) is 24.9. The van der Waals surface area contributed by atoms with Crippen molar-refractivity contribution >= 4 is 16.9 Å². The maximum atomic E-state index is 13.4. The lowest BCUT2D eigenvalue weighted by Gasteiger charge is -2.13. The molecule has 0 aliphatic carbocycles. The van der Waals surface area contributed by atoms with Crippen LogP contribution in [-0.2, 0) is 37.8 Å². The number of carbonyl (C=O) groups excluding carboxylic acids is 1. The smallest absolute Gasteiger partial charge is 0.273 e. The third-order valence-corrected chi connectivity index (χ3v) is 5.98. The molecule has 0 unspecified atom stereocenters. The van der Waals surface area contributed by atoms with E-state index >= 15 is 0 Å². The highest BCUT2D eigenvalue weighted by Crippen LogP contribution is 2.18. The van der Waals surface area contributed by atoms with Crippen LogP contribution in [0.2, 0.25) is 0 Å². The zero-order valence-electron chi connectivity index (χ0n) is 19.9. The van der Waals surface area contributed by atoms with Gasteiger partial charge in [0, 0.05) is 36.6 Å². The van der Waals surface area contributed by atoms with Crippen molar-refractivity contribution in [3.05, 3.63) is 101 Å². The first kappa shape index (κ1) is 23.2. The van der Waals surface area contributed by atoms with Crippen molar-refractivity contribution in [3.8, 4) is 11.3 Å². The molecule has 4 aromatic heterocycles. The summed E-state index contributed by atoms with van der Waals surface area (Å²) in [6.45, 7) is 0.0680. The van der Waals surface area contributed by atoms with Crippen molar-refractivity contribution in [1.29, 1.82) is 0 Å². The molecule has 182 valence electrons. The molecule has 1 N–H and O–H groups in total. The Morgan fingerprint density at radius 2 is 1.94 bits per heavy atom. The van der Waals surface area contributed by atoms with E-state index in [2.05, 4.69) is 32.5 Å². The second kappa shape index (κ2) is 10.4. The van der Waals surface area contributed by atoms with Crippen molar-refractivity contribution in [2.75, 3.05) is 0 Å². The average molecular weight is 483 g/mol. The Labute approximate surface area is 207 Å². The summed E-state index contributed by atoms with van der Waals surface area (Å²) in [5.74, 6) is 0.310. The van der Waals surface area contributed by atoms with Crippen molar-refractivity contribution in [2.24, 2.45) is 7.05 Å². The first-order valence-electron chi connectivity index (χ1n) is 11.8. The number of nitrogens with zero attached hydrogens (tertiary/aromatic N) is 5. The monoisotopic (exact) mass is 482 g/mol.